The largest absolute Gasteiger partial charge is 0.348 e. The van der Waals surface area contributed by atoms with Crippen LogP contribution in [0, 0.1) is 0 Å². The lowest BCUT2D eigenvalue weighted by atomic mass is 9.95. The topological polar surface area (TPSA) is 49.0 Å². The molecule has 3 rings (SSSR count). The number of hydrogen-bond acceptors (Lipinski definition) is 2. The Morgan fingerprint density at radius 2 is 2.47 bits per heavy atom. The van der Waals surface area contributed by atoms with E-state index in [0.717, 1.165) is 25.0 Å². The summed E-state index contributed by atoms with van der Waals surface area (Å²) < 4.78 is 0. The van der Waals surface area contributed by atoms with Gasteiger partial charge < -0.3 is 9.88 Å². The van der Waals surface area contributed by atoms with Crippen molar-refractivity contribution in [1.82, 2.24) is 14.9 Å². The van der Waals surface area contributed by atoms with Crippen LogP contribution in [0.25, 0.3) is 0 Å². The van der Waals surface area contributed by atoms with Gasteiger partial charge in [0.15, 0.2) is 0 Å². The van der Waals surface area contributed by atoms with Crippen molar-refractivity contribution < 1.29 is 4.79 Å². The van der Waals surface area contributed by atoms with Crippen LogP contribution in [0.3, 0.4) is 0 Å². The van der Waals surface area contributed by atoms with Crippen LogP contribution in [0.15, 0.2) is 18.6 Å². The van der Waals surface area contributed by atoms with Crippen LogP contribution in [0.4, 0.5) is 0 Å². The molecule has 1 atom stereocenters. The van der Waals surface area contributed by atoms with Gasteiger partial charge in [-0.25, -0.2) is 4.98 Å². The van der Waals surface area contributed by atoms with Crippen LogP contribution in [0.2, 0.25) is 0 Å². The molecule has 4 nitrogen and oxygen atoms in total. The van der Waals surface area contributed by atoms with Gasteiger partial charge in [0.25, 0.3) is 0 Å². The number of nitrogens with one attached hydrogen (secondary N) is 1. The number of H-pyrrole nitrogens is 1. The third-order valence-corrected chi connectivity index (χ3v) is 3.20. The zero-order valence-corrected chi connectivity index (χ0v) is 8.44. The van der Waals surface area contributed by atoms with Gasteiger partial charge in [0, 0.05) is 30.8 Å². The number of aryl methyl sites for hydroxylation is 1. The minimum absolute atomic E-state index is 0.221. The molecular formula is C11H13N3O. The number of hydrogen-bond donors (Lipinski definition) is 1. The molecular weight excluding hydrogens is 190 g/mol. The second kappa shape index (κ2) is 3.22. The molecule has 0 aromatic carbocycles. The van der Waals surface area contributed by atoms with Crippen molar-refractivity contribution >= 4 is 5.91 Å². The Hall–Kier alpha value is -1.58. The molecule has 1 aliphatic carbocycles. The van der Waals surface area contributed by atoms with E-state index >= 15 is 0 Å². The molecule has 78 valence electrons. The monoisotopic (exact) mass is 203 g/mol. The number of nitrogens with zero attached hydrogens (tertiary/aromatic N) is 2. The highest BCUT2D eigenvalue weighted by molar-refractivity contribution is 5.81. The summed E-state index contributed by atoms with van der Waals surface area (Å²) in [5.74, 6) is 0.221. The molecule has 4 heteroatoms. The molecule has 1 N–H and O–H groups in total. The summed E-state index contributed by atoms with van der Waals surface area (Å²) >= 11 is 0. The summed E-state index contributed by atoms with van der Waals surface area (Å²) in [6, 6.07) is 0.312. The molecule has 0 saturated carbocycles. The normalized spacial score (nSPS) is 24.7. The highest BCUT2D eigenvalue weighted by atomic mass is 16.2. The van der Waals surface area contributed by atoms with Crippen LogP contribution < -0.4 is 0 Å². The summed E-state index contributed by atoms with van der Waals surface area (Å²) in [6.07, 6.45) is 9.07. The first-order valence-corrected chi connectivity index (χ1v) is 5.33. The summed E-state index contributed by atoms with van der Waals surface area (Å²) in [5.41, 5.74) is 2.36. The number of aromatic nitrogens is 2. The third-order valence-electron chi connectivity index (χ3n) is 3.20. The van der Waals surface area contributed by atoms with E-state index < -0.39 is 0 Å². The first kappa shape index (κ1) is 8.71. The summed E-state index contributed by atoms with van der Waals surface area (Å²) in [6.45, 7) is 0. The fourth-order valence-electron chi connectivity index (χ4n) is 2.40. The Balaban J connectivity index is 1.81. The zero-order chi connectivity index (χ0) is 10.3. The van der Waals surface area contributed by atoms with Crippen molar-refractivity contribution in [3.8, 4) is 0 Å². The van der Waals surface area contributed by atoms with E-state index in [-0.39, 0.29) is 5.91 Å². The van der Waals surface area contributed by atoms with Crippen molar-refractivity contribution in [2.75, 3.05) is 0 Å². The molecule has 0 saturated heterocycles. The number of amides is 1. The van der Waals surface area contributed by atoms with Crippen LogP contribution in [0.1, 0.15) is 24.2 Å². The van der Waals surface area contributed by atoms with E-state index in [1.807, 2.05) is 17.2 Å². The lowest BCUT2D eigenvalue weighted by Crippen LogP contribution is -2.37. The Morgan fingerprint density at radius 1 is 1.53 bits per heavy atom. The number of fused-ring (bicyclic) bond motifs is 1. The van der Waals surface area contributed by atoms with Gasteiger partial charge in [0.1, 0.15) is 0 Å². The maximum Gasteiger partial charge on any atom is 0.230 e. The zero-order valence-electron chi connectivity index (χ0n) is 8.44. The molecule has 1 aromatic heterocycles. The average molecular weight is 203 g/mol. The van der Waals surface area contributed by atoms with Crippen LogP contribution in [0.5, 0.6) is 0 Å². The number of carbonyl (C=O) groups excluding carboxylic acids is 1. The fraction of sp³-hybridized carbons (Fsp3) is 0.455. The van der Waals surface area contributed by atoms with Gasteiger partial charge in [-0.2, -0.15) is 0 Å². The SMILES string of the molecule is O=C1CC=CN1[C@@H]1CCc2[nH]cnc2C1. The van der Waals surface area contributed by atoms with E-state index in [1.165, 1.54) is 5.69 Å². The molecule has 0 radical (unpaired) electrons. The van der Waals surface area contributed by atoms with Gasteiger partial charge in [-0.1, -0.05) is 6.08 Å². The third kappa shape index (κ3) is 1.37. The minimum Gasteiger partial charge on any atom is -0.348 e. The summed E-state index contributed by atoms with van der Waals surface area (Å²) in [7, 11) is 0. The predicted octanol–water partition coefficient (Wildman–Crippen LogP) is 1.01. The highest BCUT2D eigenvalue weighted by Crippen LogP contribution is 2.24. The molecule has 1 aliphatic heterocycles. The molecule has 0 fully saturated rings. The van der Waals surface area contributed by atoms with Crippen molar-refractivity contribution in [3.05, 3.63) is 30.0 Å². The molecule has 1 aromatic rings. The second-order valence-electron chi connectivity index (χ2n) is 4.11. The van der Waals surface area contributed by atoms with E-state index in [4.69, 9.17) is 0 Å². The fourth-order valence-corrected chi connectivity index (χ4v) is 2.40. The van der Waals surface area contributed by atoms with Gasteiger partial charge in [0.05, 0.1) is 12.0 Å². The number of imidazole rings is 1. The van der Waals surface area contributed by atoms with Crippen molar-refractivity contribution in [1.29, 1.82) is 0 Å². The highest BCUT2D eigenvalue weighted by Gasteiger charge is 2.28. The van der Waals surface area contributed by atoms with Crippen LogP contribution >= 0.6 is 0 Å². The quantitative estimate of drug-likeness (QED) is 0.740. The van der Waals surface area contributed by atoms with Gasteiger partial charge in [-0.3, -0.25) is 4.79 Å². The molecule has 2 aliphatic rings. The Labute approximate surface area is 88.0 Å². The van der Waals surface area contributed by atoms with Gasteiger partial charge in [-0.05, 0) is 12.8 Å². The summed E-state index contributed by atoms with van der Waals surface area (Å²) in [5, 5.41) is 0. The smallest absolute Gasteiger partial charge is 0.230 e. The van der Waals surface area contributed by atoms with E-state index in [2.05, 4.69) is 9.97 Å². The van der Waals surface area contributed by atoms with Crippen molar-refractivity contribution in [3.63, 3.8) is 0 Å². The van der Waals surface area contributed by atoms with E-state index in [9.17, 15) is 4.79 Å². The molecule has 2 heterocycles. The Kier molecular flexibility index (Phi) is 1.87. The van der Waals surface area contributed by atoms with E-state index in [1.54, 1.807) is 6.33 Å². The maximum absolute atomic E-state index is 11.6. The van der Waals surface area contributed by atoms with Gasteiger partial charge >= 0.3 is 0 Å². The van der Waals surface area contributed by atoms with Crippen molar-refractivity contribution in [2.45, 2.75) is 31.7 Å². The first-order chi connectivity index (χ1) is 7.34. The Morgan fingerprint density at radius 3 is 3.27 bits per heavy atom. The standard InChI is InChI=1S/C11H13N3O/c15-11-2-1-5-14(11)8-3-4-9-10(6-8)13-7-12-9/h1,5,7-8H,2-4,6H2,(H,12,13)/t8-/m1/s1. The average Bonchev–Trinajstić information content (AvgIpc) is 2.84. The second-order valence-corrected chi connectivity index (χ2v) is 4.11. The molecule has 1 amide bonds. The van der Waals surface area contributed by atoms with Gasteiger partial charge in [0.2, 0.25) is 5.91 Å². The van der Waals surface area contributed by atoms with Crippen LogP contribution in [-0.4, -0.2) is 26.8 Å². The number of aromatic amines is 1. The maximum atomic E-state index is 11.6. The first-order valence-electron chi connectivity index (χ1n) is 5.33. The number of carbonyl (C=O) groups is 1. The Bertz CT molecular complexity index is 421. The lowest BCUT2D eigenvalue weighted by molar-refractivity contribution is -0.128. The lowest BCUT2D eigenvalue weighted by Gasteiger charge is -2.29. The molecule has 0 spiro atoms. The van der Waals surface area contributed by atoms with Gasteiger partial charge in [-0.15, -0.1) is 0 Å². The predicted molar refractivity (Wildman–Crippen MR) is 55.0 cm³/mol. The number of rotatable bonds is 1. The summed E-state index contributed by atoms with van der Waals surface area (Å²) in [4.78, 5) is 20.9. The van der Waals surface area contributed by atoms with E-state index in [0.29, 0.717) is 12.5 Å². The van der Waals surface area contributed by atoms with Crippen molar-refractivity contribution in [2.24, 2.45) is 0 Å². The molecule has 0 bridgehead atoms. The minimum atomic E-state index is 0.221. The van der Waals surface area contributed by atoms with Crippen LogP contribution in [-0.2, 0) is 17.6 Å². The molecule has 0 unspecified atom stereocenters. The molecule has 15 heavy (non-hydrogen) atoms.